The number of likely N-dealkylation sites (tertiary alicyclic amines) is 1. The number of benzene rings is 1. The van der Waals surface area contributed by atoms with Crippen LogP contribution < -0.4 is 5.32 Å². The van der Waals surface area contributed by atoms with Crippen LogP contribution in [0.2, 0.25) is 0 Å². The molecule has 2 aliphatic rings. The van der Waals surface area contributed by atoms with Crippen molar-refractivity contribution in [3.05, 3.63) is 47.9 Å². The lowest BCUT2D eigenvalue weighted by Gasteiger charge is -2.38. The molecule has 3 heterocycles. The predicted octanol–water partition coefficient (Wildman–Crippen LogP) is 4.87. The summed E-state index contributed by atoms with van der Waals surface area (Å²) in [7, 11) is 0. The van der Waals surface area contributed by atoms with E-state index in [2.05, 4.69) is 15.4 Å². The zero-order valence-electron chi connectivity index (χ0n) is 19.2. The van der Waals surface area contributed by atoms with E-state index in [1.165, 1.54) is 10.6 Å². The Bertz CT molecular complexity index is 1240. The van der Waals surface area contributed by atoms with E-state index in [0.29, 0.717) is 30.2 Å². The van der Waals surface area contributed by atoms with Crippen molar-refractivity contribution in [3.8, 4) is 11.1 Å². The molecule has 2 fully saturated rings. The minimum absolute atomic E-state index is 0.0829. The first-order valence-corrected chi connectivity index (χ1v) is 11.3. The van der Waals surface area contributed by atoms with Crippen molar-refractivity contribution in [1.29, 1.82) is 0 Å². The number of amides is 1. The molecule has 180 valence electrons. The number of rotatable bonds is 3. The highest BCUT2D eigenvalue weighted by molar-refractivity contribution is 5.78. The van der Waals surface area contributed by atoms with Crippen LogP contribution in [0.1, 0.15) is 33.6 Å². The van der Waals surface area contributed by atoms with Crippen LogP contribution in [0.25, 0.3) is 16.8 Å². The second kappa shape index (κ2) is 8.18. The second-order valence-corrected chi connectivity index (χ2v) is 10.0. The molecule has 2 aromatic heterocycles. The fourth-order valence-corrected chi connectivity index (χ4v) is 4.99. The number of nitrogens with zero attached hydrogens (tertiary/aromatic N) is 4. The molecule has 2 atom stereocenters. The summed E-state index contributed by atoms with van der Waals surface area (Å²) in [4.78, 5) is 18.8. The Labute approximate surface area is 194 Å². The van der Waals surface area contributed by atoms with Crippen LogP contribution in [0.15, 0.2) is 30.5 Å². The van der Waals surface area contributed by atoms with Gasteiger partial charge in [-0.2, -0.15) is 4.98 Å². The van der Waals surface area contributed by atoms with E-state index >= 15 is 0 Å². The van der Waals surface area contributed by atoms with Crippen LogP contribution in [0.5, 0.6) is 0 Å². The van der Waals surface area contributed by atoms with E-state index in [9.17, 15) is 18.0 Å². The largest absolute Gasteiger partial charge is 0.444 e. The summed E-state index contributed by atoms with van der Waals surface area (Å²) in [5, 5.41) is 7.87. The Morgan fingerprint density at radius 1 is 1.06 bits per heavy atom. The summed E-state index contributed by atoms with van der Waals surface area (Å²) in [6, 6.07) is 5.40. The molecule has 10 heteroatoms. The monoisotopic (exact) mass is 473 g/mol. The molecule has 5 rings (SSSR count). The van der Waals surface area contributed by atoms with Gasteiger partial charge in [0.25, 0.3) is 0 Å². The molecule has 0 spiro atoms. The molecule has 2 unspecified atom stereocenters. The van der Waals surface area contributed by atoms with Gasteiger partial charge < -0.3 is 15.0 Å². The Kier molecular flexibility index (Phi) is 5.41. The van der Waals surface area contributed by atoms with Gasteiger partial charge in [-0.15, -0.1) is 5.10 Å². The maximum Gasteiger partial charge on any atom is 0.410 e. The molecular formula is C24H26F3N5O2. The number of carbonyl (C=O) groups excluding carboxylic acids is 1. The summed E-state index contributed by atoms with van der Waals surface area (Å²) in [5.41, 5.74) is 0.000783. The Balaban J connectivity index is 1.38. The van der Waals surface area contributed by atoms with Gasteiger partial charge in [-0.25, -0.2) is 22.5 Å². The molecule has 1 saturated carbocycles. The third kappa shape index (κ3) is 4.05. The number of halogens is 3. The zero-order chi connectivity index (χ0) is 24.2. The number of aromatic nitrogens is 3. The fourth-order valence-electron chi connectivity index (χ4n) is 4.99. The number of hydrogen-bond donors (Lipinski definition) is 1. The standard InChI is InChI=1S/C24H26F3N5O2/c1-24(2,3)34-23(33)31-11-13-6-7-14(12-31)20(13)28-22-29-21-16(5-4-10-32(21)30-22)15-8-9-17(25)19(27)18(15)26/h4-5,8-10,13-14,20H,6-7,11-12H2,1-3H3,(H,28,30). The van der Waals surface area contributed by atoms with Gasteiger partial charge in [0.1, 0.15) is 5.60 Å². The maximum atomic E-state index is 14.4. The summed E-state index contributed by atoms with van der Waals surface area (Å²) in [6.45, 7) is 6.72. The van der Waals surface area contributed by atoms with E-state index in [1.54, 1.807) is 23.2 Å². The van der Waals surface area contributed by atoms with Crippen molar-refractivity contribution in [1.82, 2.24) is 19.5 Å². The molecule has 1 saturated heterocycles. The molecule has 1 aliphatic carbocycles. The predicted molar refractivity (Wildman–Crippen MR) is 120 cm³/mol. The summed E-state index contributed by atoms with van der Waals surface area (Å²) in [6.07, 6.45) is 3.31. The highest BCUT2D eigenvalue weighted by Gasteiger charge is 2.44. The van der Waals surface area contributed by atoms with Gasteiger partial charge in [0.05, 0.1) is 0 Å². The number of ether oxygens (including phenoxy) is 1. The van der Waals surface area contributed by atoms with E-state index in [4.69, 9.17) is 4.74 Å². The van der Waals surface area contributed by atoms with Crippen molar-refractivity contribution in [2.24, 2.45) is 11.8 Å². The summed E-state index contributed by atoms with van der Waals surface area (Å²) >= 11 is 0. The van der Waals surface area contributed by atoms with Crippen molar-refractivity contribution in [2.45, 2.75) is 45.3 Å². The van der Waals surface area contributed by atoms with Gasteiger partial charge in [0.15, 0.2) is 23.1 Å². The van der Waals surface area contributed by atoms with Crippen LogP contribution in [0.3, 0.4) is 0 Å². The van der Waals surface area contributed by atoms with Gasteiger partial charge in [0, 0.05) is 36.5 Å². The Morgan fingerprint density at radius 3 is 2.44 bits per heavy atom. The molecule has 2 bridgehead atoms. The van der Waals surface area contributed by atoms with Gasteiger partial charge in [0.2, 0.25) is 5.95 Å². The molecule has 7 nitrogen and oxygen atoms in total. The zero-order valence-corrected chi connectivity index (χ0v) is 19.2. The third-order valence-electron chi connectivity index (χ3n) is 6.47. The molecule has 1 N–H and O–H groups in total. The van der Waals surface area contributed by atoms with Crippen molar-refractivity contribution < 1.29 is 22.7 Å². The molecule has 34 heavy (non-hydrogen) atoms. The lowest BCUT2D eigenvalue weighted by molar-refractivity contribution is 0.0141. The average molecular weight is 473 g/mol. The minimum Gasteiger partial charge on any atom is -0.444 e. The van der Waals surface area contributed by atoms with Crippen molar-refractivity contribution in [3.63, 3.8) is 0 Å². The number of anilines is 1. The number of fused-ring (bicyclic) bond motifs is 3. The average Bonchev–Trinajstić information content (AvgIpc) is 3.27. The van der Waals surface area contributed by atoms with Gasteiger partial charge in [-0.1, -0.05) is 0 Å². The summed E-state index contributed by atoms with van der Waals surface area (Å²) in [5.74, 6) is -3.22. The second-order valence-electron chi connectivity index (χ2n) is 10.0. The van der Waals surface area contributed by atoms with Crippen LogP contribution in [-0.2, 0) is 4.74 Å². The third-order valence-corrected chi connectivity index (χ3v) is 6.47. The van der Waals surface area contributed by atoms with E-state index < -0.39 is 23.1 Å². The molecule has 0 radical (unpaired) electrons. The SMILES string of the molecule is CC(C)(C)OC(=O)N1CC2CCC(C1)C2Nc1nc2c(-c3ccc(F)c(F)c3F)cccn2n1. The molecule has 1 amide bonds. The quantitative estimate of drug-likeness (QED) is 0.550. The molecule has 1 aromatic carbocycles. The molecule has 1 aliphatic heterocycles. The first kappa shape index (κ1) is 22.5. The summed E-state index contributed by atoms with van der Waals surface area (Å²) < 4.78 is 48.7. The van der Waals surface area contributed by atoms with Crippen molar-refractivity contribution >= 4 is 17.7 Å². The van der Waals surface area contributed by atoms with E-state index in [1.807, 2.05) is 20.8 Å². The number of hydrogen-bond acceptors (Lipinski definition) is 5. The number of carbonyl (C=O) groups is 1. The van der Waals surface area contributed by atoms with Crippen LogP contribution in [0.4, 0.5) is 23.9 Å². The van der Waals surface area contributed by atoms with Gasteiger partial charge >= 0.3 is 6.09 Å². The fraction of sp³-hybridized carbons (Fsp3) is 0.458. The number of piperidine rings is 1. The lowest BCUT2D eigenvalue weighted by atomic mass is 9.92. The van der Waals surface area contributed by atoms with E-state index in [-0.39, 0.29) is 29.5 Å². The minimum atomic E-state index is -1.52. The first-order valence-electron chi connectivity index (χ1n) is 11.3. The highest BCUT2D eigenvalue weighted by atomic mass is 19.2. The maximum absolute atomic E-state index is 14.4. The van der Waals surface area contributed by atoms with Crippen LogP contribution in [0, 0.1) is 29.3 Å². The van der Waals surface area contributed by atoms with Crippen LogP contribution >= 0.6 is 0 Å². The van der Waals surface area contributed by atoms with Gasteiger partial charge in [-0.3, -0.25) is 0 Å². The van der Waals surface area contributed by atoms with Crippen molar-refractivity contribution in [2.75, 3.05) is 18.4 Å². The number of pyridine rings is 1. The Morgan fingerprint density at radius 2 is 1.76 bits per heavy atom. The lowest BCUT2D eigenvalue weighted by Crippen LogP contribution is -2.51. The van der Waals surface area contributed by atoms with Crippen LogP contribution in [-0.4, -0.2) is 50.3 Å². The number of nitrogens with one attached hydrogen (secondary N) is 1. The molecular weight excluding hydrogens is 447 g/mol. The van der Waals surface area contributed by atoms with Gasteiger partial charge in [-0.05, 0) is 69.7 Å². The Hall–Kier alpha value is -3.30. The topological polar surface area (TPSA) is 71.8 Å². The smallest absolute Gasteiger partial charge is 0.410 e. The normalized spacial score (nSPS) is 22.3. The molecule has 3 aromatic rings. The first-order chi connectivity index (χ1) is 16.1. The van der Waals surface area contributed by atoms with E-state index in [0.717, 1.165) is 18.9 Å². The highest BCUT2D eigenvalue weighted by Crippen LogP contribution is 2.39.